The summed E-state index contributed by atoms with van der Waals surface area (Å²) in [7, 11) is 0. The molecule has 0 saturated heterocycles. The number of benzene rings is 1. The van der Waals surface area contributed by atoms with Crippen LogP contribution in [-0.4, -0.2) is 33.5 Å². The Morgan fingerprint density at radius 2 is 2.07 bits per heavy atom. The second-order valence-corrected chi connectivity index (χ2v) is 9.08. The molecule has 3 unspecified atom stereocenters. The number of hydrogen-bond donors (Lipinski definition) is 3. The van der Waals surface area contributed by atoms with E-state index < -0.39 is 12.1 Å². The number of carbonyl (C=O) groups is 1. The third kappa shape index (κ3) is 4.49. The van der Waals surface area contributed by atoms with Crippen molar-refractivity contribution >= 4 is 5.97 Å². The number of unbranched alkanes of at least 4 members (excludes halogenated alkanes) is 1. The lowest BCUT2D eigenvalue weighted by atomic mass is 9.88. The Morgan fingerprint density at radius 1 is 1.24 bits per heavy atom. The highest BCUT2D eigenvalue weighted by Crippen LogP contribution is 2.50. The Kier molecular flexibility index (Phi) is 6.21. The fourth-order valence-corrected chi connectivity index (χ4v) is 5.82. The molecule has 29 heavy (non-hydrogen) atoms. The summed E-state index contributed by atoms with van der Waals surface area (Å²) in [4.78, 5) is 10.6. The van der Waals surface area contributed by atoms with Crippen molar-refractivity contribution in [3.05, 3.63) is 59.2 Å². The van der Waals surface area contributed by atoms with E-state index in [4.69, 9.17) is 5.11 Å². The molecule has 1 aromatic rings. The molecule has 2 fully saturated rings. The SMILES string of the molecule is O=C(O)CCC/C=C1\CC2C[C@@H](O)[C@H](/C=C/[C@@H](O)C3CCc4ccccc43)C2C1. The Bertz CT molecular complexity index is 796. The van der Waals surface area contributed by atoms with Crippen LogP contribution in [0, 0.1) is 17.8 Å². The van der Waals surface area contributed by atoms with Gasteiger partial charge in [0.05, 0.1) is 12.2 Å². The molecule has 0 heterocycles. The average Bonchev–Trinajstić information content (AvgIpc) is 3.36. The minimum Gasteiger partial charge on any atom is -0.481 e. The molecule has 6 atom stereocenters. The molecule has 0 aromatic heterocycles. The van der Waals surface area contributed by atoms with Crippen molar-refractivity contribution in [3.63, 3.8) is 0 Å². The number of aryl methyl sites for hydroxylation is 1. The summed E-state index contributed by atoms with van der Waals surface area (Å²) in [5.74, 6) is 0.481. The van der Waals surface area contributed by atoms with Crippen LogP contribution >= 0.6 is 0 Å². The van der Waals surface area contributed by atoms with Gasteiger partial charge in [0.15, 0.2) is 0 Å². The van der Waals surface area contributed by atoms with Gasteiger partial charge in [0.1, 0.15) is 0 Å². The number of aliphatic hydroxyl groups is 2. The summed E-state index contributed by atoms with van der Waals surface area (Å²) < 4.78 is 0. The van der Waals surface area contributed by atoms with Crippen LogP contribution in [0.2, 0.25) is 0 Å². The van der Waals surface area contributed by atoms with Crippen LogP contribution in [0.25, 0.3) is 0 Å². The van der Waals surface area contributed by atoms with E-state index in [1.54, 1.807) is 0 Å². The number of rotatable bonds is 7. The predicted octanol–water partition coefficient (Wildman–Crippen LogP) is 4.22. The van der Waals surface area contributed by atoms with Crippen LogP contribution in [0.4, 0.5) is 0 Å². The van der Waals surface area contributed by atoms with Crippen LogP contribution in [-0.2, 0) is 11.2 Å². The largest absolute Gasteiger partial charge is 0.481 e. The van der Waals surface area contributed by atoms with Gasteiger partial charge in [-0.1, -0.05) is 48.1 Å². The van der Waals surface area contributed by atoms with Gasteiger partial charge in [-0.2, -0.15) is 0 Å². The molecule has 156 valence electrons. The Balaban J connectivity index is 1.36. The number of allylic oxidation sites excluding steroid dienone is 2. The van der Waals surface area contributed by atoms with Gasteiger partial charge in [-0.05, 0) is 67.9 Å². The van der Waals surface area contributed by atoms with E-state index in [1.165, 1.54) is 16.7 Å². The highest BCUT2D eigenvalue weighted by Gasteiger charge is 2.45. The van der Waals surface area contributed by atoms with Crippen LogP contribution < -0.4 is 0 Å². The average molecular weight is 397 g/mol. The fraction of sp³-hybridized carbons (Fsp3) is 0.560. The number of carboxylic acid groups (broad SMARTS) is 1. The van der Waals surface area contributed by atoms with E-state index in [2.05, 4.69) is 30.4 Å². The molecule has 0 spiro atoms. The van der Waals surface area contributed by atoms with Crippen molar-refractivity contribution in [3.8, 4) is 0 Å². The number of aliphatic hydroxyl groups excluding tert-OH is 2. The van der Waals surface area contributed by atoms with Gasteiger partial charge in [-0.15, -0.1) is 0 Å². The normalized spacial score (nSPS) is 33.3. The standard InChI is InChI=1S/C25H32O4/c26-23(20-10-9-17-6-2-3-7-19(17)20)12-11-21-22-14-16(5-1-4-8-25(28)29)13-18(22)15-24(21)27/h2-3,5-7,11-12,18,20-24,26-27H,1,4,8-10,13-15H2,(H,28,29)/b12-11+,16-5+/t18?,20?,21-,22?,23-,24-/m1/s1. The molecular weight excluding hydrogens is 364 g/mol. The van der Waals surface area contributed by atoms with Crippen molar-refractivity contribution in [2.24, 2.45) is 17.8 Å². The van der Waals surface area contributed by atoms with Crippen molar-refractivity contribution in [1.29, 1.82) is 0 Å². The zero-order valence-corrected chi connectivity index (χ0v) is 16.9. The summed E-state index contributed by atoms with van der Waals surface area (Å²) in [6, 6.07) is 8.38. The van der Waals surface area contributed by atoms with Crippen LogP contribution in [0.5, 0.6) is 0 Å². The number of hydrogen-bond acceptors (Lipinski definition) is 3. The second-order valence-electron chi connectivity index (χ2n) is 9.08. The molecule has 3 aliphatic carbocycles. The molecule has 0 bridgehead atoms. The third-order valence-corrected chi connectivity index (χ3v) is 7.26. The molecule has 4 heteroatoms. The minimum atomic E-state index is -0.733. The van der Waals surface area contributed by atoms with E-state index in [9.17, 15) is 15.0 Å². The highest BCUT2D eigenvalue weighted by molar-refractivity contribution is 5.66. The second kappa shape index (κ2) is 8.85. The first-order valence-electron chi connectivity index (χ1n) is 11.0. The van der Waals surface area contributed by atoms with Gasteiger partial charge in [0, 0.05) is 18.3 Å². The summed E-state index contributed by atoms with van der Waals surface area (Å²) in [6.45, 7) is 0. The van der Waals surface area contributed by atoms with Gasteiger partial charge < -0.3 is 15.3 Å². The molecule has 0 aliphatic heterocycles. The molecule has 0 radical (unpaired) electrons. The van der Waals surface area contributed by atoms with Gasteiger partial charge in [0.25, 0.3) is 0 Å². The first-order valence-corrected chi connectivity index (χ1v) is 11.0. The lowest BCUT2D eigenvalue weighted by Crippen LogP contribution is -2.19. The smallest absolute Gasteiger partial charge is 0.303 e. The molecule has 3 N–H and O–H groups in total. The molecular formula is C25H32O4. The molecule has 3 aliphatic rings. The van der Waals surface area contributed by atoms with Gasteiger partial charge in [0.2, 0.25) is 0 Å². The van der Waals surface area contributed by atoms with E-state index in [0.717, 1.165) is 38.5 Å². The maximum Gasteiger partial charge on any atom is 0.303 e. The fourth-order valence-electron chi connectivity index (χ4n) is 5.82. The van der Waals surface area contributed by atoms with Gasteiger partial charge in [-0.25, -0.2) is 0 Å². The maximum atomic E-state index is 10.8. The topological polar surface area (TPSA) is 77.8 Å². The monoisotopic (exact) mass is 396 g/mol. The summed E-state index contributed by atoms with van der Waals surface area (Å²) >= 11 is 0. The van der Waals surface area contributed by atoms with Crippen LogP contribution in [0.3, 0.4) is 0 Å². The Hall–Kier alpha value is -1.91. The minimum absolute atomic E-state index is 0.108. The molecule has 4 nitrogen and oxygen atoms in total. The van der Waals surface area contributed by atoms with Crippen molar-refractivity contribution in [2.75, 3.05) is 0 Å². The van der Waals surface area contributed by atoms with E-state index in [-0.39, 0.29) is 24.4 Å². The predicted molar refractivity (Wildman–Crippen MR) is 113 cm³/mol. The Labute approximate surface area is 173 Å². The maximum absolute atomic E-state index is 10.8. The zero-order chi connectivity index (χ0) is 20.4. The summed E-state index contributed by atoms with van der Waals surface area (Å²) in [5, 5.41) is 30.1. The number of aliphatic carboxylic acids is 1. The highest BCUT2D eigenvalue weighted by atomic mass is 16.4. The van der Waals surface area contributed by atoms with E-state index >= 15 is 0 Å². The molecule has 2 saturated carbocycles. The van der Waals surface area contributed by atoms with Crippen molar-refractivity contribution < 1.29 is 20.1 Å². The lowest BCUT2D eigenvalue weighted by Gasteiger charge is -2.20. The van der Waals surface area contributed by atoms with Crippen LogP contribution in [0.1, 0.15) is 62.0 Å². The molecule has 1 aromatic carbocycles. The quantitative estimate of drug-likeness (QED) is 0.476. The van der Waals surface area contributed by atoms with E-state index in [0.29, 0.717) is 18.3 Å². The van der Waals surface area contributed by atoms with Crippen molar-refractivity contribution in [1.82, 2.24) is 0 Å². The number of fused-ring (bicyclic) bond motifs is 2. The van der Waals surface area contributed by atoms with E-state index in [1.807, 2.05) is 12.1 Å². The number of carboxylic acids is 1. The third-order valence-electron chi connectivity index (χ3n) is 7.26. The molecule has 0 amide bonds. The van der Waals surface area contributed by atoms with Crippen LogP contribution in [0.15, 0.2) is 48.1 Å². The first-order chi connectivity index (χ1) is 14.0. The van der Waals surface area contributed by atoms with Gasteiger partial charge in [-0.3, -0.25) is 4.79 Å². The summed E-state index contributed by atoms with van der Waals surface area (Å²) in [5.41, 5.74) is 4.03. The lowest BCUT2D eigenvalue weighted by molar-refractivity contribution is -0.137. The van der Waals surface area contributed by atoms with Crippen molar-refractivity contribution in [2.45, 2.75) is 69.5 Å². The van der Waals surface area contributed by atoms with Gasteiger partial charge >= 0.3 is 5.97 Å². The zero-order valence-electron chi connectivity index (χ0n) is 16.9. The molecule has 4 rings (SSSR count). The summed E-state index contributed by atoms with van der Waals surface area (Å²) in [6.07, 6.45) is 12.0. The Morgan fingerprint density at radius 3 is 2.90 bits per heavy atom. The first kappa shape index (κ1) is 20.4.